The number of halogens is 1. The van der Waals surface area contributed by atoms with Gasteiger partial charge < -0.3 is 0 Å². The summed E-state index contributed by atoms with van der Waals surface area (Å²) in [6.45, 7) is 2.20. The van der Waals surface area contributed by atoms with Crippen molar-refractivity contribution in [2.75, 3.05) is 0 Å². The van der Waals surface area contributed by atoms with E-state index < -0.39 is 0 Å². The zero-order valence-electron chi connectivity index (χ0n) is 6.06. The molecule has 0 aliphatic rings. The first-order valence-corrected chi connectivity index (χ1v) is 4.82. The van der Waals surface area contributed by atoms with Gasteiger partial charge in [0, 0.05) is 4.88 Å². The average molecular weight is 175 g/mol. The first-order chi connectivity index (χ1) is 4.84. The monoisotopic (exact) mass is 174 g/mol. The molecule has 1 aromatic heterocycles. The van der Waals surface area contributed by atoms with E-state index in [1.165, 1.54) is 17.7 Å². The summed E-state index contributed by atoms with van der Waals surface area (Å²) in [6.07, 6.45) is 3.64. The number of unbranched alkanes of at least 4 members (excludes halogenated alkanes) is 1. The molecule has 0 atom stereocenters. The van der Waals surface area contributed by atoms with Crippen molar-refractivity contribution < 1.29 is 0 Å². The van der Waals surface area contributed by atoms with Gasteiger partial charge in [-0.1, -0.05) is 24.9 Å². The van der Waals surface area contributed by atoms with E-state index in [1.807, 2.05) is 11.4 Å². The summed E-state index contributed by atoms with van der Waals surface area (Å²) >= 11 is 7.64. The lowest BCUT2D eigenvalue weighted by molar-refractivity contribution is 0.804. The molecule has 0 radical (unpaired) electrons. The predicted octanol–water partition coefficient (Wildman–Crippen LogP) is 3.74. The van der Waals surface area contributed by atoms with E-state index in [-0.39, 0.29) is 0 Å². The van der Waals surface area contributed by atoms with Crippen LogP contribution in [0, 0.1) is 0 Å². The van der Waals surface area contributed by atoms with Gasteiger partial charge in [-0.15, -0.1) is 11.3 Å². The van der Waals surface area contributed by atoms with E-state index in [4.69, 9.17) is 11.6 Å². The van der Waals surface area contributed by atoms with Crippen molar-refractivity contribution in [3.63, 3.8) is 0 Å². The van der Waals surface area contributed by atoms with Crippen LogP contribution >= 0.6 is 22.9 Å². The third kappa shape index (κ3) is 1.99. The van der Waals surface area contributed by atoms with Crippen LogP contribution in [0.3, 0.4) is 0 Å². The van der Waals surface area contributed by atoms with E-state index in [0.29, 0.717) is 0 Å². The lowest BCUT2D eigenvalue weighted by atomic mass is 10.2. The molecule has 56 valence electrons. The third-order valence-corrected chi connectivity index (χ3v) is 2.90. The van der Waals surface area contributed by atoms with Gasteiger partial charge in [0.2, 0.25) is 0 Å². The molecule has 10 heavy (non-hydrogen) atoms. The lowest BCUT2D eigenvalue weighted by Crippen LogP contribution is -1.78. The van der Waals surface area contributed by atoms with Crippen LogP contribution in [-0.4, -0.2) is 0 Å². The zero-order chi connectivity index (χ0) is 7.40. The molecule has 0 aliphatic heterocycles. The normalized spacial score (nSPS) is 10.2. The van der Waals surface area contributed by atoms with Gasteiger partial charge in [-0.25, -0.2) is 0 Å². The van der Waals surface area contributed by atoms with Crippen LogP contribution in [0.25, 0.3) is 0 Å². The number of thiophene rings is 1. The Morgan fingerprint density at radius 2 is 2.40 bits per heavy atom. The fourth-order valence-corrected chi connectivity index (χ4v) is 2.02. The van der Waals surface area contributed by atoms with Crippen molar-refractivity contribution in [3.05, 3.63) is 21.3 Å². The Morgan fingerprint density at radius 3 is 2.90 bits per heavy atom. The molecule has 2 heteroatoms. The first-order valence-electron chi connectivity index (χ1n) is 3.56. The summed E-state index contributed by atoms with van der Waals surface area (Å²) in [5.74, 6) is 0. The minimum atomic E-state index is 0.943. The van der Waals surface area contributed by atoms with Crippen molar-refractivity contribution in [1.82, 2.24) is 0 Å². The third-order valence-electron chi connectivity index (χ3n) is 1.45. The Kier molecular flexibility index (Phi) is 3.23. The minimum Gasteiger partial charge on any atom is -0.147 e. The van der Waals surface area contributed by atoms with Gasteiger partial charge >= 0.3 is 0 Å². The maximum atomic E-state index is 5.89. The second-order valence-corrected chi connectivity index (χ2v) is 3.70. The topological polar surface area (TPSA) is 0 Å². The number of hydrogen-bond acceptors (Lipinski definition) is 1. The molecule has 0 nitrogen and oxygen atoms in total. The minimum absolute atomic E-state index is 0.943. The van der Waals surface area contributed by atoms with E-state index in [2.05, 4.69) is 6.92 Å². The highest BCUT2D eigenvalue weighted by atomic mass is 35.5. The molecule has 0 bridgehead atoms. The maximum Gasteiger partial charge on any atom is 0.0544 e. The Hall–Kier alpha value is -0.0100. The van der Waals surface area contributed by atoms with Gasteiger partial charge in [0.05, 0.1) is 5.02 Å². The molecule has 0 amide bonds. The summed E-state index contributed by atoms with van der Waals surface area (Å²) in [5.41, 5.74) is 0. The molecule has 0 fully saturated rings. The summed E-state index contributed by atoms with van der Waals surface area (Å²) < 4.78 is 0. The fraction of sp³-hybridized carbons (Fsp3) is 0.500. The van der Waals surface area contributed by atoms with Gasteiger partial charge in [-0.05, 0) is 24.3 Å². The molecule has 0 N–H and O–H groups in total. The Labute approximate surface area is 70.8 Å². The highest BCUT2D eigenvalue weighted by Gasteiger charge is 1.98. The standard InChI is InChI=1S/C8H11ClS/c1-2-3-4-8-7(9)5-6-10-8/h5-6H,2-4H2,1H3. The molecular formula is C8H11ClS. The molecule has 1 aromatic rings. The van der Waals surface area contributed by atoms with Crippen molar-refractivity contribution in [3.8, 4) is 0 Å². The van der Waals surface area contributed by atoms with Crippen molar-refractivity contribution in [2.24, 2.45) is 0 Å². The number of aryl methyl sites for hydroxylation is 1. The van der Waals surface area contributed by atoms with Crippen LogP contribution in [0.4, 0.5) is 0 Å². The summed E-state index contributed by atoms with van der Waals surface area (Å²) in [4.78, 5) is 1.34. The lowest BCUT2D eigenvalue weighted by Gasteiger charge is -1.93. The molecule has 1 heterocycles. The second-order valence-electron chi connectivity index (χ2n) is 2.30. The van der Waals surface area contributed by atoms with Crippen LogP contribution in [0.5, 0.6) is 0 Å². The molecule has 0 aliphatic carbocycles. The molecule has 1 rings (SSSR count). The molecule has 0 saturated heterocycles. The molecule has 0 unspecified atom stereocenters. The Morgan fingerprint density at radius 1 is 1.60 bits per heavy atom. The maximum absolute atomic E-state index is 5.89. The highest BCUT2D eigenvalue weighted by Crippen LogP contribution is 2.23. The summed E-state index contributed by atoms with van der Waals surface area (Å²) in [6, 6.07) is 1.97. The van der Waals surface area contributed by atoms with Crippen molar-refractivity contribution in [1.29, 1.82) is 0 Å². The predicted molar refractivity (Wildman–Crippen MR) is 47.9 cm³/mol. The van der Waals surface area contributed by atoms with Crippen LogP contribution < -0.4 is 0 Å². The van der Waals surface area contributed by atoms with Crippen molar-refractivity contribution >= 4 is 22.9 Å². The smallest absolute Gasteiger partial charge is 0.0544 e. The van der Waals surface area contributed by atoms with Crippen LogP contribution in [0.15, 0.2) is 11.4 Å². The van der Waals surface area contributed by atoms with Gasteiger partial charge in [-0.3, -0.25) is 0 Å². The first kappa shape index (κ1) is 8.09. The van der Waals surface area contributed by atoms with E-state index >= 15 is 0 Å². The fourth-order valence-electron chi connectivity index (χ4n) is 0.841. The summed E-state index contributed by atoms with van der Waals surface area (Å²) in [5, 5.41) is 2.99. The van der Waals surface area contributed by atoms with E-state index in [0.717, 1.165) is 11.4 Å². The second kappa shape index (κ2) is 3.99. The SMILES string of the molecule is CCCCc1sccc1Cl. The zero-order valence-corrected chi connectivity index (χ0v) is 7.63. The number of hydrogen-bond donors (Lipinski definition) is 0. The highest BCUT2D eigenvalue weighted by molar-refractivity contribution is 7.10. The average Bonchev–Trinajstić information content (AvgIpc) is 2.31. The van der Waals surface area contributed by atoms with Gasteiger partial charge in [-0.2, -0.15) is 0 Å². The van der Waals surface area contributed by atoms with Gasteiger partial charge in [0.25, 0.3) is 0 Å². The number of rotatable bonds is 3. The Bertz CT molecular complexity index is 193. The van der Waals surface area contributed by atoms with Crippen LogP contribution in [0.1, 0.15) is 24.6 Å². The Balaban J connectivity index is 2.49. The van der Waals surface area contributed by atoms with E-state index in [9.17, 15) is 0 Å². The van der Waals surface area contributed by atoms with Crippen LogP contribution in [-0.2, 0) is 6.42 Å². The molecule has 0 spiro atoms. The van der Waals surface area contributed by atoms with E-state index in [1.54, 1.807) is 11.3 Å². The van der Waals surface area contributed by atoms with Gasteiger partial charge in [0.15, 0.2) is 0 Å². The molecule has 0 saturated carbocycles. The molecule has 0 aromatic carbocycles. The van der Waals surface area contributed by atoms with Crippen LogP contribution in [0.2, 0.25) is 5.02 Å². The molecular weight excluding hydrogens is 164 g/mol. The largest absolute Gasteiger partial charge is 0.147 e. The van der Waals surface area contributed by atoms with Crippen molar-refractivity contribution in [2.45, 2.75) is 26.2 Å². The quantitative estimate of drug-likeness (QED) is 0.655. The van der Waals surface area contributed by atoms with Gasteiger partial charge in [0.1, 0.15) is 0 Å². The summed E-state index contributed by atoms with van der Waals surface area (Å²) in [7, 11) is 0.